The van der Waals surface area contributed by atoms with Crippen LogP contribution in [0.5, 0.6) is 5.75 Å². The molecule has 2 aromatic carbocycles. The van der Waals surface area contributed by atoms with Crippen molar-refractivity contribution < 1.29 is 14.9 Å². The number of benzene rings is 2. The Kier molecular flexibility index (Phi) is 5.80. The largest absolute Gasteiger partial charge is 0.492 e. The first-order valence-electron chi connectivity index (χ1n) is 6.90. The molecule has 0 heterocycles. The summed E-state index contributed by atoms with van der Waals surface area (Å²) in [5, 5.41) is 20.2. The standard InChI is InChI=1S/C16H21NO3/c18-11-8-17(9-12-19)10-13-20-16-7-3-5-14-4-1-2-6-15(14)16/h1-7,18-19H,8-13H2. The van der Waals surface area contributed by atoms with Crippen LogP contribution in [-0.2, 0) is 0 Å². The Bertz CT molecular complexity index is 519. The lowest BCUT2D eigenvalue weighted by Crippen LogP contribution is -2.33. The van der Waals surface area contributed by atoms with Crippen molar-refractivity contribution in [2.75, 3.05) is 39.5 Å². The Hall–Kier alpha value is -1.62. The van der Waals surface area contributed by atoms with E-state index in [0.717, 1.165) is 16.5 Å². The molecular formula is C16H21NO3. The number of ether oxygens (including phenoxy) is 1. The van der Waals surface area contributed by atoms with Gasteiger partial charge in [-0.15, -0.1) is 0 Å². The molecule has 2 aromatic rings. The molecule has 0 aliphatic rings. The van der Waals surface area contributed by atoms with E-state index in [2.05, 4.69) is 12.1 Å². The molecule has 20 heavy (non-hydrogen) atoms. The van der Waals surface area contributed by atoms with E-state index in [1.165, 1.54) is 0 Å². The van der Waals surface area contributed by atoms with Gasteiger partial charge in [-0.25, -0.2) is 0 Å². The third kappa shape index (κ3) is 3.93. The monoisotopic (exact) mass is 275 g/mol. The minimum atomic E-state index is 0.0915. The fourth-order valence-electron chi connectivity index (χ4n) is 2.22. The van der Waals surface area contributed by atoms with Crippen LogP contribution in [0.3, 0.4) is 0 Å². The highest BCUT2D eigenvalue weighted by atomic mass is 16.5. The molecule has 2 rings (SSSR count). The maximum Gasteiger partial charge on any atom is 0.127 e. The summed E-state index contributed by atoms with van der Waals surface area (Å²) in [6, 6.07) is 14.1. The number of hydrogen-bond donors (Lipinski definition) is 2. The van der Waals surface area contributed by atoms with Crippen molar-refractivity contribution in [1.82, 2.24) is 4.90 Å². The molecule has 0 aliphatic carbocycles. The molecule has 0 fully saturated rings. The normalized spacial score (nSPS) is 11.2. The number of rotatable bonds is 8. The van der Waals surface area contributed by atoms with Crippen LogP contribution >= 0.6 is 0 Å². The average Bonchev–Trinajstić information content (AvgIpc) is 2.48. The molecule has 0 bridgehead atoms. The number of nitrogens with zero attached hydrogens (tertiary/aromatic N) is 1. The maximum absolute atomic E-state index is 8.96. The Morgan fingerprint density at radius 2 is 1.55 bits per heavy atom. The molecule has 0 amide bonds. The van der Waals surface area contributed by atoms with Crippen LogP contribution in [0.4, 0.5) is 0 Å². The third-order valence-corrected chi connectivity index (χ3v) is 3.25. The molecule has 0 atom stereocenters. The minimum Gasteiger partial charge on any atom is -0.492 e. The summed E-state index contributed by atoms with van der Waals surface area (Å²) in [5.74, 6) is 0.871. The molecule has 0 aromatic heterocycles. The lowest BCUT2D eigenvalue weighted by molar-refractivity contribution is 0.142. The molecule has 0 radical (unpaired) electrons. The lowest BCUT2D eigenvalue weighted by atomic mass is 10.1. The first-order chi connectivity index (χ1) is 9.85. The highest BCUT2D eigenvalue weighted by Crippen LogP contribution is 2.24. The van der Waals surface area contributed by atoms with E-state index in [1.54, 1.807) is 0 Å². The van der Waals surface area contributed by atoms with Crippen LogP contribution in [0.25, 0.3) is 10.8 Å². The van der Waals surface area contributed by atoms with Crippen LogP contribution in [0.2, 0.25) is 0 Å². The van der Waals surface area contributed by atoms with Crippen molar-refractivity contribution in [1.29, 1.82) is 0 Å². The van der Waals surface area contributed by atoms with Gasteiger partial charge in [0.25, 0.3) is 0 Å². The van der Waals surface area contributed by atoms with Gasteiger partial charge >= 0.3 is 0 Å². The zero-order chi connectivity index (χ0) is 14.2. The molecule has 108 valence electrons. The summed E-state index contributed by atoms with van der Waals surface area (Å²) in [6.45, 7) is 2.51. The molecule has 0 unspecified atom stereocenters. The topological polar surface area (TPSA) is 52.9 Å². The van der Waals surface area contributed by atoms with E-state index < -0.39 is 0 Å². The Morgan fingerprint density at radius 3 is 2.30 bits per heavy atom. The summed E-state index contributed by atoms with van der Waals surface area (Å²) < 4.78 is 5.84. The maximum atomic E-state index is 8.96. The second-order valence-electron chi connectivity index (χ2n) is 4.61. The van der Waals surface area contributed by atoms with Gasteiger partial charge in [-0.05, 0) is 11.5 Å². The second kappa shape index (κ2) is 7.85. The van der Waals surface area contributed by atoms with Gasteiger partial charge in [-0.1, -0.05) is 36.4 Å². The summed E-state index contributed by atoms with van der Waals surface area (Å²) >= 11 is 0. The SMILES string of the molecule is OCCN(CCO)CCOc1cccc2ccccc12. The van der Waals surface area contributed by atoms with Crippen molar-refractivity contribution in [3.8, 4) is 5.75 Å². The average molecular weight is 275 g/mol. The smallest absolute Gasteiger partial charge is 0.127 e. The van der Waals surface area contributed by atoms with Gasteiger partial charge in [0.15, 0.2) is 0 Å². The highest BCUT2D eigenvalue weighted by molar-refractivity contribution is 5.88. The van der Waals surface area contributed by atoms with Crippen molar-refractivity contribution >= 4 is 10.8 Å². The van der Waals surface area contributed by atoms with Gasteiger partial charge in [0, 0.05) is 25.0 Å². The lowest BCUT2D eigenvalue weighted by Gasteiger charge is -2.20. The van der Waals surface area contributed by atoms with Crippen LogP contribution in [0.15, 0.2) is 42.5 Å². The summed E-state index contributed by atoms with van der Waals surface area (Å²) in [7, 11) is 0. The Morgan fingerprint density at radius 1 is 0.850 bits per heavy atom. The second-order valence-corrected chi connectivity index (χ2v) is 4.61. The van der Waals surface area contributed by atoms with E-state index in [0.29, 0.717) is 26.2 Å². The molecule has 2 N–H and O–H groups in total. The van der Waals surface area contributed by atoms with Gasteiger partial charge < -0.3 is 14.9 Å². The van der Waals surface area contributed by atoms with E-state index in [1.807, 2.05) is 35.2 Å². The predicted octanol–water partition coefficient (Wildman–Crippen LogP) is 1.51. The zero-order valence-electron chi connectivity index (χ0n) is 11.5. The molecular weight excluding hydrogens is 254 g/mol. The van der Waals surface area contributed by atoms with Crippen LogP contribution in [-0.4, -0.2) is 54.6 Å². The van der Waals surface area contributed by atoms with Gasteiger partial charge in [0.05, 0.1) is 13.2 Å². The molecule has 4 heteroatoms. The number of aliphatic hydroxyl groups excluding tert-OH is 2. The molecule has 0 spiro atoms. The fraction of sp³-hybridized carbons (Fsp3) is 0.375. The molecule has 0 saturated carbocycles. The van der Waals surface area contributed by atoms with Gasteiger partial charge in [-0.3, -0.25) is 4.90 Å². The third-order valence-electron chi connectivity index (χ3n) is 3.25. The van der Waals surface area contributed by atoms with E-state index >= 15 is 0 Å². The van der Waals surface area contributed by atoms with Crippen LogP contribution in [0, 0.1) is 0 Å². The molecule has 4 nitrogen and oxygen atoms in total. The summed E-state index contributed by atoms with van der Waals surface area (Å²) in [6.07, 6.45) is 0. The van der Waals surface area contributed by atoms with Crippen LogP contribution in [0.1, 0.15) is 0 Å². The minimum absolute atomic E-state index is 0.0915. The van der Waals surface area contributed by atoms with Crippen molar-refractivity contribution in [2.24, 2.45) is 0 Å². The number of hydrogen-bond acceptors (Lipinski definition) is 4. The van der Waals surface area contributed by atoms with E-state index in [4.69, 9.17) is 14.9 Å². The predicted molar refractivity (Wildman–Crippen MR) is 80.1 cm³/mol. The van der Waals surface area contributed by atoms with E-state index in [-0.39, 0.29) is 13.2 Å². The first kappa shape index (κ1) is 14.8. The van der Waals surface area contributed by atoms with Crippen LogP contribution < -0.4 is 4.74 Å². The highest BCUT2D eigenvalue weighted by Gasteiger charge is 2.05. The zero-order valence-corrected chi connectivity index (χ0v) is 11.5. The summed E-state index contributed by atoms with van der Waals surface area (Å²) in [4.78, 5) is 1.98. The van der Waals surface area contributed by atoms with Crippen molar-refractivity contribution in [3.05, 3.63) is 42.5 Å². The van der Waals surface area contributed by atoms with Crippen molar-refractivity contribution in [2.45, 2.75) is 0 Å². The number of fused-ring (bicyclic) bond motifs is 1. The molecule has 0 saturated heterocycles. The van der Waals surface area contributed by atoms with Gasteiger partial charge in [0.2, 0.25) is 0 Å². The quantitative estimate of drug-likeness (QED) is 0.766. The van der Waals surface area contributed by atoms with E-state index in [9.17, 15) is 0 Å². The Labute approximate surface area is 119 Å². The Balaban J connectivity index is 1.95. The van der Waals surface area contributed by atoms with Gasteiger partial charge in [-0.2, -0.15) is 0 Å². The van der Waals surface area contributed by atoms with Crippen molar-refractivity contribution in [3.63, 3.8) is 0 Å². The number of aliphatic hydroxyl groups is 2. The fourth-order valence-corrected chi connectivity index (χ4v) is 2.22. The van der Waals surface area contributed by atoms with Gasteiger partial charge in [0.1, 0.15) is 12.4 Å². The first-order valence-corrected chi connectivity index (χ1v) is 6.90. The molecule has 0 aliphatic heterocycles. The summed E-state index contributed by atoms with van der Waals surface area (Å²) in [5.41, 5.74) is 0.